The van der Waals surface area contributed by atoms with Gasteiger partial charge in [-0.1, -0.05) is 0 Å². The first kappa shape index (κ1) is 15.8. The molecule has 116 valence electrons. The van der Waals surface area contributed by atoms with Crippen molar-refractivity contribution in [3.63, 3.8) is 0 Å². The summed E-state index contributed by atoms with van der Waals surface area (Å²) in [7, 11) is -3.28. The third-order valence-electron chi connectivity index (χ3n) is 4.16. The summed E-state index contributed by atoms with van der Waals surface area (Å²) < 4.78 is 25.7. The van der Waals surface area contributed by atoms with E-state index in [0.29, 0.717) is 5.69 Å². The molecule has 0 atom stereocenters. The highest BCUT2D eigenvalue weighted by Gasteiger charge is 2.18. The zero-order chi connectivity index (χ0) is 15.8. The van der Waals surface area contributed by atoms with Crippen LogP contribution >= 0.6 is 0 Å². The Balaban J connectivity index is 2.50. The quantitative estimate of drug-likeness (QED) is 0.891. The zero-order valence-electron chi connectivity index (χ0n) is 13.3. The first-order valence-corrected chi connectivity index (χ1v) is 8.94. The molecule has 21 heavy (non-hydrogen) atoms. The number of anilines is 1. The fourth-order valence-corrected chi connectivity index (χ4v) is 3.40. The molecule has 2 rings (SSSR count). The lowest BCUT2D eigenvalue weighted by atomic mass is 9.90. The number of nitrogens with zero attached hydrogens (tertiary/aromatic N) is 1. The smallest absolute Gasteiger partial charge is 0.229 e. The monoisotopic (exact) mass is 309 g/mol. The van der Waals surface area contributed by atoms with Crippen molar-refractivity contribution in [3.8, 4) is 0 Å². The number of hydrogen-bond acceptors (Lipinski definition) is 4. The number of sulfonamides is 1. The van der Waals surface area contributed by atoms with Crippen LogP contribution in [0.2, 0.25) is 0 Å². The van der Waals surface area contributed by atoms with Gasteiger partial charge in [-0.2, -0.15) is 0 Å². The van der Waals surface area contributed by atoms with E-state index in [1.807, 2.05) is 27.7 Å². The number of aliphatic imine (C=N–C) groups is 1. The number of amidine groups is 1. The van der Waals surface area contributed by atoms with E-state index in [9.17, 15) is 8.42 Å². The van der Waals surface area contributed by atoms with E-state index in [-0.39, 0.29) is 0 Å². The number of rotatable bonds is 4. The van der Waals surface area contributed by atoms with Crippen molar-refractivity contribution in [3.05, 3.63) is 27.8 Å². The molecule has 0 saturated heterocycles. The second-order valence-corrected chi connectivity index (χ2v) is 7.41. The molecule has 1 aliphatic rings. The Labute approximate surface area is 126 Å². The van der Waals surface area contributed by atoms with Gasteiger partial charge in [-0.05, 0) is 55.5 Å². The van der Waals surface area contributed by atoms with Gasteiger partial charge in [-0.3, -0.25) is 9.71 Å². The van der Waals surface area contributed by atoms with Crippen LogP contribution in [-0.4, -0.2) is 33.6 Å². The van der Waals surface area contributed by atoms with Crippen LogP contribution in [0.5, 0.6) is 0 Å². The topological polar surface area (TPSA) is 70.6 Å². The molecule has 6 heteroatoms. The average molecular weight is 309 g/mol. The molecular weight excluding hydrogens is 286 g/mol. The summed E-state index contributed by atoms with van der Waals surface area (Å²) in [5.74, 6) is 1.02. The van der Waals surface area contributed by atoms with Crippen molar-refractivity contribution in [2.75, 3.05) is 24.1 Å². The van der Waals surface area contributed by atoms with Gasteiger partial charge in [0, 0.05) is 13.0 Å². The van der Waals surface area contributed by atoms with Crippen molar-refractivity contribution >= 4 is 21.5 Å². The minimum atomic E-state index is -3.28. The average Bonchev–Trinajstić information content (AvgIpc) is 2.89. The molecule has 0 aromatic heterocycles. The van der Waals surface area contributed by atoms with Gasteiger partial charge >= 0.3 is 0 Å². The largest absolute Gasteiger partial charge is 0.372 e. The molecule has 2 N–H and O–H groups in total. The predicted octanol–water partition coefficient (Wildman–Crippen LogP) is 1.84. The highest BCUT2D eigenvalue weighted by atomic mass is 32.2. The molecule has 1 aromatic carbocycles. The summed E-state index contributed by atoms with van der Waals surface area (Å²) >= 11 is 0. The van der Waals surface area contributed by atoms with Crippen molar-refractivity contribution in [1.82, 2.24) is 5.32 Å². The molecule has 0 bridgehead atoms. The maximum absolute atomic E-state index is 11.6. The van der Waals surface area contributed by atoms with E-state index in [1.54, 1.807) is 0 Å². The van der Waals surface area contributed by atoms with Crippen LogP contribution in [0.4, 0.5) is 5.69 Å². The molecule has 1 aromatic rings. The summed E-state index contributed by atoms with van der Waals surface area (Å²) in [6, 6.07) is 0. The lowest BCUT2D eigenvalue weighted by molar-refractivity contribution is 0.606. The lowest BCUT2D eigenvalue weighted by Crippen LogP contribution is -2.22. The number of benzene rings is 1. The van der Waals surface area contributed by atoms with Gasteiger partial charge in [0.15, 0.2) is 0 Å². The molecule has 5 nitrogen and oxygen atoms in total. The highest BCUT2D eigenvalue weighted by Crippen LogP contribution is 2.31. The third kappa shape index (κ3) is 3.37. The fourth-order valence-electron chi connectivity index (χ4n) is 2.73. The van der Waals surface area contributed by atoms with E-state index >= 15 is 0 Å². The standard InChI is InChI=1S/C15H23N3O2S/c1-9-11(3)15(18-21(5,19)20)12(4)10(2)13(9)8-14-16-6-7-17-14/h18H,6-8H2,1-5H3,(H,16,17). The van der Waals surface area contributed by atoms with Crippen LogP contribution in [0.25, 0.3) is 0 Å². The summed E-state index contributed by atoms with van der Waals surface area (Å²) in [6.07, 6.45) is 1.96. The Bertz CT molecular complexity index is 677. The van der Waals surface area contributed by atoms with Crippen LogP contribution in [0.1, 0.15) is 27.8 Å². The van der Waals surface area contributed by atoms with Crippen LogP contribution < -0.4 is 10.0 Å². The molecule has 0 spiro atoms. The van der Waals surface area contributed by atoms with Crippen LogP contribution in [0, 0.1) is 27.7 Å². The summed E-state index contributed by atoms with van der Waals surface area (Å²) in [6.45, 7) is 9.74. The molecule has 0 radical (unpaired) electrons. The van der Waals surface area contributed by atoms with Crippen molar-refractivity contribution in [2.45, 2.75) is 34.1 Å². The van der Waals surface area contributed by atoms with E-state index in [2.05, 4.69) is 15.0 Å². The lowest BCUT2D eigenvalue weighted by Gasteiger charge is -2.21. The first-order chi connectivity index (χ1) is 9.70. The molecule has 0 aliphatic carbocycles. The highest BCUT2D eigenvalue weighted by molar-refractivity contribution is 7.92. The summed E-state index contributed by atoms with van der Waals surface area (Å²) in [5.41, 5.74) is 6.16. The van der Waals surface area contributed by atoms with Gasteiger partial charge in [0.05, 0.1) is 18.5 Å². The second kappa shape index (κ2) is 5.67. The Morgan fingerprint density at radius 1 is 1.10 bits per heavy atom. The Hall–Kier alpha value is -1.56. The minimum Gasteiger partial charge on any atom is -0.372 e. The van der Waals surface area contributed by atoms with Crippen molar-refractivity contribution in [2.24, 2.45) is 4.99 Å². The van der Waals surface area contributed by atoms with Gasteiger partial charge in [0.1, 0.15) is 5.84 Å². The van der Waals surface area contributed by atoms with Crippen LogP contribution in [0.3, 0.4) is 0 Å². The minimum absolute atomic E-state index is 0.706. The normalized spacial score (nSPS) is 14.8. The Kier molecular flexibility index (Phi) is 4.27. The Morgan fingerprint density at radius 2 is 1.67 bits per heavy atom. The number of nitrogens with one attached hydrogen (secondary N) is 2. The fraction of sp³-hybridized carbons (Fsp3) is 0.533. The first-order valence-electron chi connectivity index (χ1n) is 7.05. The third-order valence-corrected chi connectivity index (χ3v) is 4.73. The van der Waals surface area contributed by atoms with Gasteiger partial charge in [0.25, 0.3) is 0 Å². The molecule has 1 aliphatic heterocycles. The van der Waals surface area contributed by atoms with Gasteiger partial charge in [-0.15, -0.1) is 0 Å². The predicted molar refractivity (Wildman–Crippen MR) is 87.9 cm³/mol. The van der Waals surface area contributed by atoms with Gasteiger partial charge in [-0.25, -0.2) is 8.42 Å². The van der Waals surface area contributed by atoms with Crippen molar-refractivity contribution < 1.29 is 8.42 Å². The van der Waals surface area contributed by atoms with Crippen LogP contribution in [0.15, 0.2) is 4.99 Å². The van der Waals surface area contributed by atoms with Crippen molar-refractivity contribution in [1.29, 1.82) is 0 Å². The van der Waals surface area contributed by atoms with E-state index in [4.69, 9.17) is 0 Å². The van der Waals surface area contributed by atoms with E-state index in [1.165, 1.54) is 11.8 Å². The van der Waals surface area contributed by atoms with E-state index < -0.39 is 10.0 Å². The molecule has 0 unspecified atom stereocenters. The maximum Gasteiger partial charge on any atom is 0.229 e. The van der Waals surface area contributed by atoms with Gasteiger partial charge < -0.3 is 5.32 Å². The molecule has 0 fully saturated rings. The molecule has 0 saturated carbocycles. The molecular formula is C15H23N3O2S. The summed E-state index contributed by atoms with van der Waals surface area (Å²) in [5, 5.41) is 3.29. The molecule has 1 heterocycles. The SMILES string of the molecule is Cc1c(C)c(NS(C)(=O)=O)c(C)c(C)c1CC1=NCCN1. The van der Waals surface area contributed by atoms with Gasteiger partial charge in [0.2, 0.25) is 10.0 Å². The Morgan fingerprint density at radius 3 is 2.10 bits per heavy atom. The van der Waals surface area contributed by atoms with Crippen LogP contribution in [-0.2, 0) is 16.4 Å². The maximum atomic E-state index is 11.6. The zero-order valence-corrected chi connectivity index (χ0v) is 14.1. The number of hydrogen-bond donors (Lipinski definition) is 2. The second-order valence-electron chi connectivity index (χ2n) is 5.66. The summed E-state index contributed by atoms with van der Waals surface area (Å²) in [4.78, 5) is 4.45. The van der Waals surface area contributed by atoms with E-state index in [0.717, 1.165) is 47.6 Å². The molecule has 0 amide bonds.